The van der Waals surface area contributed by atoms with Gasteiger partial charge in [-0.05, 0) is 44.4 Å². The third-order valence-corrected chi connectivity index (χ3v) is 4.28. The Labute approximate surface area is 125 Å². The van der Waals surface area contributed by atoms with Gasteiger partial charge in [0.25, 0.3) is 0 Å². The van der Waals surface area contributed by atoms with Crippen molar-refractivity contribution in [2.24, 2.45) is 12.8 Å². The Kier molecular flexibility index (Phi) is 4.21. The van der Waals surface area contributed by atoms with Gasteiger partial charge in [0.05, 0.1) is 16.4 Å². The van der Waals surface area contributed by atoms with Crippen LogP contribution in [0.4, 0.5) is 0 Å². The topological polar surface area (TPSA) is 43.8 Å². The maximum Gasteiger partial charge on any atom is 0.0847 e. The van der Waals surface area contributed by atoms with E-state index in [1.165, 1.54) is 22.3 Å². The van der Waals surface area contributed by atoms with Gasteiger partial charge in [0.15, 0.2) is 0 Å². The molecule has 1 heterocycles. The number of hydrogen-bond acceptors (Lipinski definition) is 2. The number of benzene rings is 1. The molecule has 1 unspecified atom stereocenters. The van der Waals surface area contributed by atoms with E-state index in [1.54, 1.807) is 0 Å². The molecule has 0 aliphatic rings. The smallest absolute Gasteiger partial charge is 0.0847 e. The Morgan fingerprint density at radius 2 is 1.75 bits per heavy atom. The Hall–Kier alpha value is -1.32. The van der Waals surface area contributed by atoms with Crippen LogP contribution in [0.3, 0.4) is 0 Å². The van der Waals surface area contributed by atoms with E-state index in [9.17, 15) is 0 Å². The predicted molar refractivity (Wildman–Crippen MR) is 84.2 cm³/mol. The van der Waals surface area contributed by atoms with Crippen LogP contribution in [-0.2, 0) is 13.5 Å². The summed E-state index contributed by atoms with van der Waals surface area (Å²) >= 11 is 6.31. The monoisotopic (exact) mass is 291 g/mol. The van der Waals surface area contributed by atoms with Crippen LogP contribution >= 0.6 is 11.6 Å². The fourth-order valence-electron chi connectivity index (χ4n) is 2.99. The van der Waals surface area contributed by atoms with E-state index in [0.29, 0.717) is 6.42 Å². The van der Waals surface area contributed by atoms with E-state index in [4.69, 9.17) is 17.3 Å². The minimum absolute atomic E-state index is 0.0668. The summed E-state index contributed by atoms with van der Waals surface area (Å²) in [4.78, 5) is 0. The van der Waals surface area contributed by atoms with Gasteiger partial charge in [0, 0.05) is 19.5 Å². The highest BCUT2D eigenvalue weighted by Gasteiger charge is 2.18. The van der Waals surface area contributed by atoms with Gasteiger partial charge in [0.2, 0.25) is 0 Å². The highest BCUT2D eigenvalue weighted by molar-refractivity contribution is 6.31. The highest BCUT2D eigenvalue weighted by Crippen LogP contribution is 2.28. The third kappa shape index (κ3) is 2.74. The summed E-state index contributed by atoms with van der Waals surface area (Å²) in [7, 11) is 1.91. The van der Waals surface area contributed by atoms with Crippen LogP contribution in [-0.4, -0.2) is 9.78 Å². The molecule has 2 rings (SSSR count). The van der Waals surface area contributed by atoms with E-state index in [2.05, 4.69) is 38.0 Å². The Morgan fingerprint density at radius 3 is 2.20 bits per heavy atom. The Balaban J connectivity index is 2.36. The van der Waals surface area contributed by atoms with Gasteiger partial charge in [-0.1, -0.05) is 29.3 Å². The van der Waals surface area contributed by atoms with E-state index in [0.717, 1.165) is 16.4 Å². The minimum atomic E-state index is -0.0668. The normalized spacial score (nSPS) is 12.8. The van der Waals surface area contributed by atoms with Crippen LogP contribution in [0.15, 0.2) is 12.1 Å². The lowest BCUT2D eigenvalue weighted by molar-refractivity contribution is 0.635. The van der Waals surface area contributed by atoms with Crippen LogP contribution in [0.2, 0.25) is 5.02 Å². The number of nitrogens with two attached hydrogens (primary N) is 1. The molecule has 2 aromatic rings. The van der Waals surface area contributed by atoms with Crippen molar-refractivity contribution in [3.05, 3.63) is 50.8 Å². The van der Waals surface area contributed by atoms with Crippen LogP contribution in [0, 0.1) is 27.7 Å². The largest absolute Gasteiger partial charge is 0.324 e. The SMILES string of the molecule is Cc1cc(C)c(C(N)Cc2c(Cl)c(C)nn2C)c(C)c1. The van der Waals surface area contributed by atoms with E-state index in [1.807, 2.05) is 18.7 Å². The number of aromatic nitrogens is 2. The fraction of sp³-hybridized carbons (Fsp3) is 0.438. The lowest BCUT2D eigenvalue weighted by Crippen LogP contribution is -2.18. The summed E-state index contributed by atoms with van der Waals surface area (Å²) in [5.41, 5.74) is 13.2. The summed E-state index contributed by atoms with van der Waals surface area (Å²) < 4.78 is 1.83. The number of rotatable bonds is 3. The molecule has 0 saturated heterocycles. The molecule has 1 atom stereocenters. The Bertz CT molecular complexity index is 620. The van der Waals surface area contributed by atoms with Crippen LogP contribution in [0.1, 0.15) is 39.7 Å². The molecule has 1 aromatic carbocycles. The molecule has 1 aromatic heterocycles. The maximum atomic E-state index is 6.43. The van der Waals surface area contributed by atoms with Crippen molar-refractivity contribution in [1.29, 1.82) is 0 Å². The lowest BCUT2D eigenvalue weighted by Gasteiger charge is -2.18. The van der Waals surface area contributed by atoms with Gasteiger partial charge in [-0.3, -0.25) is 4.68 Å². The zero-order chi connectivity index (χ0) is 15.0. The molecule has 0 aliphatic carbocycles. The van der Waals surface area contributed by atoms with Gasteiger partial charge < -0.3 is 5.73 Å². The first-order valence-electron chi connectivity index (χ1n) is 6.82. The van der Waals surface area contributed by atoms with Crippen molar-refractivity contribution in [3.63, 3.8) is 0 Å². The predicted octanol–water partition coefficient (Wildman–Crippen LogP) is 3.55. The molecule has 0 saturated carbocycles. The average molecular weight is 292 g/mol. The zero-order valence-electron chi connectivity index (χ0n) is 12.8. The first-order chi connectivity index (χ1) is 9.31. The third-order valence-electron chi connectivity index (χ3n) is 3.78. The summed E-state index contributed by atoms with van der Waals surface area (Å²) in [5.74, 6) is 0. The van der Waals surface area contributed by atoms with Gasteiger partial charge in [0.1, 0.15) is 0 Å². The van der Waals surface area contributed by atoms with E-state index >= 15 is 0 Å². The molecule has 20 heavy (non-hydrogen) atoms. The average Bonchev–Trinajstić information content (AvgIpc) is 2.54. The molecule has 0 spiro atoms. The molecule has 0 amide bonds. The zero-order valence-corrected chi connectivity index (χ0v) is 13.5. The van der Waals surface area contributed by atoms with Crippen molar-refractivity contribution in [2.45, 2.75) is 40.2 Å². The molecule has 0 aliphatic heterocycles. The fourth-order valence-corrected chi connectivity index (χ4v) is 3.23. The van der Waals surface area contributed by atoms with Gasteiger partial charge >= 0.3 is 0 Å². The van der Waals surface area contributed by atoms with Crippen LogP contribution in [0.5, 0.6) is 0 Å². The van der Waals surface area contributed by atoms with Gasteiger partial charge in [-0.2, -0.15) is 5.10 Å². The lowest BCUT2D eigenvalue weighted by atomic mass is 9.92. The molecule has 0 radical (unpaired) electrons. The van der Waals surface area contributed by atoms with Crippen molar-refractivity contribution >= 4 is 11.6 Å². The molecule has 4 heteroatoms. The molecular formula is C16H22ClN3. The second-order valence-corrected chi connectivity index (χ2v) is 5.97. The maximum absolute atomic E-state index is 6.43. The summed E-state index contributed by atoms with van der Waals surface area (Å²) in [5, 5.41) is 5.07. The molecule has 0 bridgehead atoms. The summed E-state index contributed by atoms with van der Waals surface area (Å²) in [6, 6.07) is 4.29. The van der Waals surface area contributed by atoms with Gasteiger partial charge in [-0.15, -0.1) is 0 Å². The minimum Gasteiger partial charge on any atom is -0.324 e. The van der Waals surface area contributed by atoms with Crippen LogP contribution in [0.25, 0.3) is 0 Å². The number of halogens is 1. The number of nitrogens with zero attached hydrogens (tertiary/aromatic N) is 2. The van der Waals surface area contributed by atoms with Gasteiger partial charge in [-0.25, -0.2) is 0 Å². The van der Waals surface area contributed by atoms with Crippen molar-refractivity contribution in [2.75, 3.05) is 0 Å². The molecule has 3 nitrogen and oxygen atoms in total. The van der Waals surface area contributed by atoms with Crippen molar-refractivity contribution < 1.29 is 0 Å². The molecular weight excluding hydrogens is 270 g/mol. The second-order valence-electron chi connectivity index (χ2n) is 5.59. The summed E-state index contributed by atoms with van der Waals surface area (Å²) in [6.45, 7) is 8.26. The number of hydrogen-bond donors (Lipinski definition) is 1. The second kappa shape index (κ2) is 5.58. The van der Waals surface area contributed by atoms with Crippen LogP contribution < -0.4 is 5.73 Å². The highest BCUT2D eigenvalue weighted by atomic mass is 35.5. The Morgan fingerprint density at radius 1 is 1.20 bits per heavy atom. The first-order valence-corrected chi connectivity index (χ1v) is 7.20. The number of aryl methyl sites for hydroxylation is 5. The van der Waals surface area contributed by atoms with Crippen molar-refractivity contribution in [3.8, 4) is 0 Å². The molecule has 108 valence electrons. The summed E-state index contributed by atoms with van der Waals surface area (Å²) in [6.07, 6.45) is 0.695. The molecule has 2 N–H and O–H groups in total. The molecule has 0 fully saturated rings. The van der Waals surface area contributed by atoms with E-state index < -0.39 is 0 Å². The van der Waals surface area contributed by atoms with Crippen molar-refractivity contribution in [1.82, 2.24) is 9.78 Å². The van der Waals surface area contributed by atoms with E-state index in [-0.39, 0.29) is 6.04 Å². The standard InChI is InChI=1S/C16H22ClN3/c1-9-6-10(2)15(11(3)7-9)13(18)8-14-16(17)12(4)19-20(14)5/h6-7,13H,8,18H2,1-5H3. The first kappa shape index (κ1) is 15.1. The quantitative estimate of drug-likeness (QED) is 0.940.